The minimum atomic E-state index is -0.492. The van der Waals surface area contributed by atoms with Gasteiger partial charge in [-0.2, -0.15) is 0 Å². The summed E-state index contributed by atoms with van der Waals surface area (Å²) < 4.78 is 11.0. The molecule has 0 spiro atoms. The van der Waals surface area contributed by atoms with E-state index in [9.17, 15) is 4.79 Å². The van der Waals surface area contributed by atoms with Gasteiger partial charge in [-0.1, -0.05) is 36.0 Å². The van der Waals surface area contributed by atoms with Crippen LogP contribution in [0.5, 0.6) is 0 Å². The van der Waals surface area contributed by atoms with Crippen LogP contribution in [0.2, 0.25) is 0 Å². The molecule has 30 heavy (non-hydrogen) atoms. The predicted molar refractivity (Wildman–Crippen MR) is 113 cm³/mol. The molecule has 4 aromatic rings. The van der Waals surface area contributed by atoms with E-state index < -0.39 is 5.97 Å². The maximum absolute atomic E-state index is 12.7. The smallest absolute Gasteiger partial charge is 0.341 e. The molecule has 0 saturated carbocycles. The molecular formula is C23H19N3O3S. The molecule has 0 amide bonds. The van der Waals surface area contributed by atoms with E-state index in [1.807, 2.05) is 36.4 Å². The van der Waals surface area contributed by atoms with Gasteiger partial charge in [-0.15, -0.1) is 10.2 Å². The van der Waals surface area contributed by atoms with Gasteiger partial charge in [-0.05, 0) is 61.4 Å². The number of nitrogens with zero attached hydrogens (tertiary/aromatic N) is 3. The number of hydrogen-bond acceptors (Lipinski definition) is 7. The predicted octanol–water partition coefficient (Wildman–Crippen LogP) is 5.26. The van der Waals surface area contributed by atoms with E-state index in [2.05, 4.69) is 41.2 Å². The molecule has 6 nitrogen and oxygen atoms in total. The van der Waals surface area contributed by atoms with Gasteiger partial charge in [-0.25, -0.2) is 9.78 Å². The van der Waals surface area contributed by atoms with Crippen molar-refractivity contribution in [2.24, 2.45) is 0 Å². The average Bonchev–Trinajstić information content (AvgIpc) is 3.25. The molecule has 7 heteroatoms. The van der Waals surface area contributed by atoms with Crippen molar-refractivity contribution in [2.75, 3.05) is 0 Å². The van der Waals surface area contributed by atoms with Gasteiger partial charge in [-0.3, -0.25) is 0 Å². The summed E-state index contributed by atoms with van der Waals surface area (Å²) in [5.74, 6) is 0.123. The van der Waals surface area contributed by atoms with Gasteiger partial charge >= 0.3 is 5.97 Å². The van der Waals surface area contributed by atoms with Gasteiger partial charge in [0.05, 0.1) is 5.56 Å². The van der Waals surface area contributed by atoms with Gasteiger partial charge in [0.25, 0.3) is 5.89 Å². The van der Waals surface area contributed by atoms with E-state index in [0.29, 0.717) is 16.5 Å². The summed E-state index contributed by atoms with van der Waals surface area (Å²) in [6.45, 7) is 4.01. The lowest BCUT2D eigenvalue weighted by molar-refractivity contribution is 0.0433. The molecule has 0 aliphatic rings. The Balaban J connectivity index is 1.45. The second kappa shape index (κ2) is 8.92. The Kier molecular flexibility index (Phi) is 5.90. The fourth-order valence-corrected chi connectivity index (χ4v) is 3.70. The number of aromatic nitrogens is 3. The van der Waals surface area contributed by atoms with Crippen molar-refractivity contribution in [1.29, 1.82) is 0 Å². The summed E-state index contributed by atoms with van der Waals surface area (Å²) in [5, 5.41) is 8.54. The van der Waals surface area contributed by atoms with E-state index in [1.165, 1.54) is 22.9 Å². The molecule has 0 fully saturated rings. The van der Waals surface area contributed by atoms with Crippen molar-refractivity contribution in [1.82, 2.24) is 15.2 Å². The first kappa shape index (κ1) is 19.8. The van der Waals surface area contributed by atoms with Crippen LogP contribution in [0.3, 0.4) is 0 Å². The van der Waals surface area contributed by atoms with E-state index in [1.54, 1.807) is 18.3 Å². The summed E-state index contributed by atoms with van der Waals surface area (Å²) in [6, 6.07) is 19.0. The zero-order valence-corrected chi connectivity index (χ0v) is 17.3. The van der Waals surface area contributed by atoms with Gasteiger partial charge in [0.15, 0.2) is 6.61 Å². The van der Waals surface area contributed by atoms with Crippen LogP contribution in [0.4, 0.5) is 0 Å². The number of carbonyl (C=O) groups excluding carboxylic acids is 1. The average molecular weight is 417 g/mol. The lowest BCUT2D eigenvalue weighted by Gasteiger charge is -2.08. The highest BCUT2D eigenvalue weighted by Crippen LogP contribution is 2.30. The Labute approximate surface area is 178 Å². The quantitative estimate of drug-likeness (QED) is 0.396. The van der Waals surface area contributed by atoms with Crippen LogP contribution in [-0.2, 0) is 11.3 Å². The maximum atomic E-state index is 12.7. The fraction of sp³-hybridized carbons (Fsp3) is 0.130. The minimum Gasteiger partial charge on any atom is -0.452 e. The van der Waals surface area contributed by atoms with Crippen molar-refractivity contribution in [3.05, 3.63) is 89.4 Å². The molecule has 0 N–H and O–H groups in total. The maximum Gasteiger partial charge on any atom is 0.341 e. The zero-order chi connectivity index (χ0) is 20.9. The van der Waals surface area contributed by atoms with Crippen molar-refractivity contribution in [3.8, 4) is 11.5 Å². The molecular weight excluding hydrogens is 398 g/mol. The largest absolute Gasteiger partial charge is 0.452 e. The van der Waals surface area contributed by atoms with Crippen LogP contribution >= 0.6 is 11.8 Å². The van der Waals surface area contributed by atoms with E-state index in [-0.39, 0.29) is 12.5 Å². The lowest BCUT2D eigenvalue weighted by atomic mass is 10.1. The van der Waals surface area contributed by atoms with E-state index in [0.717, 1.165) is 10.5 Å². The molecule has 0 saturated heterocycles. The zero-order valence-electron chi connectivity index (χ0n) is 16.5. The SMILES string of the molecule is Cc1ccc(Sc2ncccc2C(=O)OCc2nnc(-c3ccccc3)o2)cc1C. The van der Waals surface area contributed by atoms with Crippen LogP contribution < -0.4 is 0 Å². The Hall–Kier alpha value is -3.45. The fourth-order valence-electron chi connectivity index (χ4n) is 2.73. The molecule has 2 aromatic heterocycles. The standard InChI is InChI=1S/C23H19N3O3S/c1-15-10-11-18(13-16(15)2)30-22-19(9-6-12-24-22)23(27)28-14-20-25-26-21(29-20)17-7-4-3-5-8-17/h3-13H,14H2,1-2H3. The number of aryl methyl sites for hydroxylation is 2. The molecule has 0 bridgehead atoms. The highest BCUT2D eigenvalue weighted by Gasteiger charge is 2.17. The summed E-state index contributed by atoms with van der Waals surface area (Å²) in [4.78, 5) is 18.0. The van der Waals surface area contributed by atoms with Crippen LogP contribution in [0.1, 0.15) is 27.4 Å². The third-order valence-corrected chi connectivity index (χ3v) is 5.51. The van der Waals surface area contributed by atoms with Gasteiger partial charge in [0.2, 0.25) is 5.89 Å². The number of rotatable bonds is 6. The second-order valence-corrected chi connectivity index (χ2v) is 7.71. The minimum absolute atomic E-state index is 0.110. The number of pyridine rings is 1. The molecule has 2 heterocycles. The molecule has 2 aromatic carbocycles. The number of hydrogen-bond donors (Lipinski definition) is 0. The van der Waals surface area contributed by atoms with Crippen LogP contribution in [0.15, 0.2) is 81.2 Å². The first-order valence-electron chi connectivity index (χ1n) is 9.35. The molecule has 0 aliphatic heterocycles. The van der Waals surface area contributed by atoms with Crippen molar-refractivity contribution in [3.63, 3.8) is 0 Å². The first-order chi connectivity index (χ1) is 14.6. The Morgan fingerprint density at radius 3 is 2.63 bits per heavy atom. The number of carbonyl (C=O) groups is 1. The van der Waals surface area contributed by atoms with E-state index in [4.69, 9.17) is 9.15 Å². The van der Waals surface area contributed by atoms with Crippen LogP contribution in [0, 0.1) is 13.8 Å². The number of esters is 1. The first-order valence-corrected chi connectivity index (χ1v) is 10.2. The van der Waals surface area contributed by atoms with Crippen LogP contribution in [0.25, 0.3) is 11.5 Å². The number of ether oxygens (including phenoxy) is 1. The lowest BCUT2D eigenvalue weighted by Crippen LogP contribution is -2.07. The highest BCUT2D eigenvalue weighted by atomic mass is 32.2. The third kappa shape index (κ3) is 4.58. The Bertz CT molecular complexity index is 1180. The summed E-state index contributed by atoms with van der Waals surface area (Å²) in [7, 11) is 0. The highest BCUT2D eigenvalue weighted by molar-refractivity contribution is 7.99. The second-order valence-electron chi connectivity index (χ2n) is 6.65. The van der Waals surface area contributed by atoms with Crippen molar-refractivity contribution < 1.29 is 13.9 Å². The Morgan fingerprint density at radius 1 is 1.00 bits per heavy atom. The summed E-state index contributed by atoms with van der Waals surface area (Å²) in [5.41, 5.74) is 3.60. The summed E-state index contributed by atoms with van der Waals surface area (Å²) >= 11 is 1.43. The normalized spacial score (nSPS) is 10.7. The van der Waals surface area contributed by atoms with Crippen LogP contribution in [-0.4, -0.2) is 21.2 Å². The van der Waals surface area contributed by atoms with E-state index >= 15 is 0 Å². The molecule has 4 rings (SSSR count). The third-order valence-electron chi connectivity index (χ3n) is 4.50. The number of benzene rings is 2. The topological polar surface area (TPSA) is 78.1 Å². The molecule has 0 unspecified atom stereocenters. The van der Waals surface area contributed by atoms with Gasteiger partial charge in [0.1, 0.15) is 5.03 Å². The van der Waals surface area contributed by atoms with Gasteiger partial charge in [0, 0.05) is 16.7 Å². The molecule has 0 aliphatic carbocycles. The molecule has 0 atom stereocenters. The van der Waals surface area contributed by atoms with Crippen molar-refractivity contribution >= 4 is 17.7 Å². The molecule has 0 radical (unpaired) electrons. The monoisotopic (exact) mass is 417 g/mol. The van der Waals surface area contributed by atoms with Crippen molar-refractivity contribution in [2.45, 2.75) is 30.4 Å². The summed E-state index contributed by atoms with van der Waals surface area (Å²) in [6.07, 6.45) is 1.66. The van der Waals surface area contributed by atoms with Gasteiger partial charge < -0.3 is 9.15 Å². The Morgan fingerprint density at radius 2 is 1.83 bits per heavy atom. The molecule has 150 valence electrons.